The van der Waals surface area contributed by atoms with Crippen molar-refractivity contribution in [3.63, 3.8) is 0 Å². The zero-order valence-electron chi connectivity index (χ0n) is 16.8. The van der Waals surface area contributed by atoms with Crippen molar-refractivity contribution in [3.05, 3.63) is 54.1 Å². The predicted octanol–water partition coefficient (Wildman–Crippen LogP) is 3.85. The average Bonchev–Trinajstić information content (AvgIpc) is 2.72. The second-order valence-corrected chi connectivity index (χ2v) is 6.05. The Bertz CT molecular complexity index is 758. The number of para-hydroxylation sites is 2. The molecule has 0 aliphatic rings. The molecule has 158 valence electrons. The Labute approximate surface area is 170 Å². The number of rotatable bonds is 11. The summed E-state index contributed by atoms with van der Waals surface area (Å²) in [5, 5.41) is 9.66. The van der Waals surface area contributed by atoms with Crippen molar-refractivity contribution >= 4 is 11.6 Å². The first-order valence-electron chi connectivity index (χ1n) is 9.57. The van der Waals surface area contributed by atoms with Crippen LogP contribution in [0, 0.1) is 0 Å². The van der Waals surface area contributed by atoms with Crippen molar-refractivity contribution in [2.24, 2.45) is 4.99 Å². The molecule has 0 heterocycles. The smallest absolute Gasteiger partial charge is 0.387 e. The summed E-state index contributed by atoms with van der Waals surface area (Å²) < 4.78 is 35.7. The summed E-state index contributed by atoms with van der Waals surface area (Å²) in [6, 6.07) is 15.0. The van der Waals surface area contributed by atoms with Gasteiger partial charge < -0.3 is 25.4 Å². The zero-order chi connectivity index (χ0) is 20.9. The lowest BCUT2D eigenvalue weighted by Crippen LogP contribution is -2.37. The maximum atomic E-state index is 12.8. The van der Waals surface area contributed by atoms with Crippen LogP contribution in [0.1, 0.15) is 18.9 Å². The van der Waals surface area contributed by atoms with E-state index in [9.17, 15) is 8.78 Å². The van der Waals surface area contributed by atoms with E-state index in [1.165, 1.54) is 0 Å². The predicted molar refractivity (Wildman–Crippen MR) is 112 cm³/mol. The Kier molecular flexibility index (Phi) is 9.54. The number of nitrogens with zero attached hydrogens (tertiary/aromatic N) is 1. The van der Waals surface area contributed by atoms with Crippen LogP contribution in [0.4, 0.5) is 14.5 Å². The van der Waals surface area contributed by atoms with Crippen LogP contribution in [-0.4, -0.2) is 39.3 Å². The fraction of sp³-hybridized carbons (Fsp3) is 0.381. The highest BCUT2D eigenvalue weighted by molar-refractivity contribution is 5.79. The van der Waals surface area contributed by atoms with Gasteiger partial charge in [0, 0.05) is 37.9 Å². The SMILES string of the molecule is CCOc1cccc(CNC(=NC)NCCCNc2ccccc2)c1OC(F)F. The van der Waals surface area contributed by atoms with Crippen molar-refractivity contribution in [1.29, 1.82) is 0 Å². The summed E-state index contributed by atoms with van der Waals surface area (Å²) in [7, 11) is 1.66. The highest BCUT2D eigenvalue weighted by atomic mass is 19.3. The van der Waals surface area contributed by atoms with Crippen LogP contribution in [0.5, 0.6) is 11.5 Å². The molecule has 29 heavy (non-hydrogen) atoms. The van der Waals surface area contributed by atoms with Gasteiger partial charge in [0.15, 0.2) is 17.5 Å². The fourth-order valence-corrected chi connectivity index (χ4v) is 2.68. The summed E-state index contributed by atoms with van der Waals surface area (Å²) >= 11 is 0. The maximum absolute atomic E-state index is 12.8. The molecule has 0 aromatic heterocycles. The fourth-order valence-electron chi connectivity index (χ4n) is 2.68. The van der Waals surface area contributed by atoms with Gasteiger partial charge in [-0.05, 0) is 31.5 Å². The van der Waals surface area contributed by atoms with Crippen LogP contribution in [0.15, 0.2) is 53.5 Å². The highest BCUT2D eigenvalue weighted by Crippen LogP contribution is 2.32. The van der Waals surface area contributed by atoms with E-state index in [1.807, 2.05) is 30.3 Å². The third-order valence-electron chi connectivity index (χ3n) is 3.99. The molecule has 0 saturated heterocycles. The molecule has 0 bridgehead atoms. The third kappa shape index (κ3) is 7.85. The normalized spacial score (nSPS) is 11.3. The van der Waals surface area contributed by atoms with Crippen molar-refractivity contribution < 1.29 is 18.3 Å². The molecule has 8 heteroatoms. The van der Waals surface area contributed by atoms with Gasteiger partial charge in [0.1, 0.15) is 0 Å². The monoisotopic (exact) mass is 406 g/mol. The van der Waals surface area contributed by atoms with Gasteiger partial charge in [-0.2, -0.15) is 8.78 Å². The number of ether oxygens (including phenoxy) is 2. The number of guanidine groups is 1. The molecule has 6 nitrogen and oxygen atoms in total. The van der Waals surface area contributed by atoms with Gasteiger partial charge in [0.05, 0.1) is 6.61 Å². The van der Waals surface area contributed by atoms with Crippen molar-refractivity contribution in [3.8, 4) is 11.5 Å². The minimum Gasteiger partial charge on any atom is -0.490 e. The molecule has 0 amide bonds. The Morgan fingerprint density at radius 1 is 1.03 bits per heavy atom. The first-order valence-corrected chi connectivity index (χ1v) is 9.57. The molecule has 0 spiro atoms. The molecule has 0 saturated carbocycles. The lowest BCUT2D eigenvalue weighted by molar-refractivity contribution is -0.0520. The number of alkyl halides is 2. The molecular weight excluding hydrogens is 378 g/mol. The van der Waals surface area contributed by atoms with Gasteiger partial charge in [-0.1, -0.05) is 30.3 Å². The summed E-state index contributed by atoms with van der Waals surface area (Å²) in [6.45, 7) is 1.01. The standard InChI is InChI=1S/C21H28F2N4O2/c1-3-28-18-12-7-9-16(19(18)29-20(22)23)15-27-21(24-2)26-14-8-13-25-17-10-5-4-6-11-17/h4-7,9-12,20,25H,3,8,13-15H2,1-2H3,(H2,24,26,27). The third-order valence-corrected chi connectivity index (χ3v) is 3.99. The first-order chi connectivity index (χ1) is 14.1. The van der Waals surface area contributed by atoms with Crippen LogP contribution in [-0.2, 0) is 6.54 Å². The topological polar surface area (TPSA) is 66.9 Å². The molecule has 0 unspecified atom stereocenters. The number of hydrogen-bond acceptors (Lipinski definition) is 4. The molecule has 0 fully saturated rings. The van der Waals surface area contributed by atoms with Gasteiger partial charge >= 0.3 is 6.61 Å². The molecule has 0 radical (unpaired) electrons. The van der Waals surface area contributed by atoms with Crippen molar-refractivity contribution in [1.82, 2.24) is 10.6 Å². The van der Waals surface area contributed by atoms with Crippen LogP contribution in [0.25, 0.3) is 0 Å². The van der Waals surface area contributed by atoms with Gasteiger partial charge in [-0.15, -0.1) is 0 Å². The molecule has 0 atom stereocenters. The molecule has 0 aliphatic carbocycles. The Morgan fingerprint density at radius 2 is 1.83 bits per heavy atom. The highest BCUT2D eigenvalue weighted by Gasteiger charge is 2.15. The number of anilines is 1. The molecule has 0 aliphatic heterocycles. The summed E-state index contributed by atoms with van der Waals surface area (Å²) in [6.07, 6.45) is 0.884. The molecular formula is C21H28F2N4O2. The first kappa shape index (κ1) is 22.3. The van der Waals surface area contributed by atoms with E-state index in [-0.39, 0.29) is 12.3 Å². The lowest BCUT2D eigenvalue weighted by atomic mass is 10.2. The second kappa shape index (κ2) is 12.4. The maximum Gasteiger partial charge on any atom is 0.387 e. The van der Waals surface area contributed by atoms with Crippen LogP contribution in [0.2, 0.25) is 0 Å². The van der Waals surface area contributed by atoms with Gasteiger partial charge in [-0.25, -0.2) is 0 Å². The second-order valence-electron chi connectivity index (χ2n) is 6.05. The quantitative estimate of drug-likeness (QED) is 0.300. The Balaban J connectivity index is 1.83. The number of hydrogen-bond donors (Lipinski definition) is 3. The Morgan fingerprint density at radius 3 is 2.52 bits per heavy atom. The molecule has 3 N–H and O–H groups in total. The van der Waals surface area contributed by atoms with Gasteiger partial charge in [-0.3, -0.25) is 4.99 Å². The minimum atomic E-state index is -2.93. The number of benzene rings is 2. The van der Waals surface area contributed by atoms with Gasteiger partial charge in [0.25, 0.3) is 0 Å². The number of nitrogens with one attached hydrogen (secondary N) is 3. The Hall–Kier alpha value is -3.03. The van der Waals surface area contributed by atoms with E-state index >= 15 is 0 Å². The molecule has 2 aromatic rings. The zero-order valence-corrected chi connectivity index (χ0v) is 16.8. The van der Waals surface area contributed by atoms with E-state index < -0.39 is 6.61 Å². The summed E-state index contributed by atoms with van der Waals surface area (Å²) in [5.41, 5.74) is 1.64. The van der Waals surface area contributed by atoms with Crippen molar-refractivity contribution in [2.45, 2.75) is 26.5 Å². The van der Waals surface area contributed by atoms with Crippen LogP contribution in [0.3, 0.4) is 0 Å². The minimum absolute atomic E-state index is 0.0411. The van der Waals surface area contributed by atoms with E-state index in [0.29, 0.717) is 30.4 Å². The summed E-state index contributed by atoms with van der Waals surface area (Å²) in [5.74, 6) is 0.913. The van der Waals surface area contributed by atoms with E-state index in [2.05, 4.69) is 25.7 Å². The number of aliphatic imine (C=N–C) groups is 1. The summed E-state index contributed by atoms with van der Waals surface area (Å²) in [4.78, 5) is 4.16. The van der Waals surface area contributed by atoms with E-state index in [0.717, 1.165) is 18.7 Å². The van der Waals surface area contributed by atoms with Crippen LogP contribution >= 0.6 is 0 Å². The van der Waals surface area contributed by atoms with Crippen molar-refractivity contribution in [2.75, 3.05) is 32.1 Å². The average molecular weight is 406 g/mol. The largest absolute Gasteiger partial charge is 0.490 e. The number of halogens is 2. The van der Waals surface area contributed by atoms with E-state index in [1.54, 1.807) is 32.2 Å². The molecule has 2 rings (SSSR count). The van der Waals surface area contributed by atoms with Crippen LogP contribution < -0.4 is 25.4 Å². The van der Waals surface area contributed by atoms with Gasteiger partial charge in [0.2, 0.25) is 0 Å². The molecule has 2 aromatic carbocycles. The lowest BCUT2D eigenvalue weighted by Gasteiger charge is -2.17. The van der Waals surface area contributed by atoms with E-state index in [4.69, 9.17) is 4.74 Å².